The molecule has 0 saturated carbocycles. The van der Waals surface area contributed by atoms with Gasteiger partial charge in [0.2, 0.25) is 0 Å². The highest BCUT2D eigenvalue weighted by Crippen LogP contribution is 2.30. The fourth-order valence-corrected chi connectivity index (χ4v) is 2.53. The van der Waals surface area contributed by atoms with Crippen molar-refractivity contribution in [1.29, 1.82) is 0 Å². The number of nitrogens with one attached hydrogen (secondary N) is 2. The summed E-state index contributed by atoms with van der Waals surface area (Å²) in [5, 5.41) is 3.21. The molecule has 0 aromatic heterocycles. The summed E-state index contributed by atoms with van der Waals surface area (Å²) >= 11 is 5.87. The second kappa shape index (κ2) is 6.89. The molecule has 1 aliphatic heterocycles. The molecule has 2 rings (SSSR count). The Morgan fingerprint density at radius 2 is 2.09 bits per heavy atom. The molecule has 2 N–H and O–H groups in total. The highest BCUT2D eigenvalue weighted by atomic mass is 35.5. The van der Waals surface area contributed by atoms with E-state index in [-0.39, 0.29) is 19.1 Å². The van der Waals surface area contributed by atoms with Crippen LogP contribution in [0.4, 0.5) is 5.69 Å². The molecule has 22 heavy (non-hydrogen) atoms. The van der Waals surface area contributed by atoms with Crippen molar-refractivity contribution in [2.45, 2.75) is 13.3 Å². The smallest absolute Gasteiger partial charge is 0.303 e. The van der Waals surface area contributed by atoms with Gasteiger partial charge in [-0.15, -0.1) is 0 Å². The third kappa shape index (κ3) is 3.45. The van der Waals surface area contributed by atoms with Gasteiger partial charge >= 0.3 is 5.91 Å². The molecule has 6 nitrogen and oxygen atoms in total. The number of rotatable bonds is 6. The summed E-state index contributed by atoms with van der Waals surface area (Å²) in [5.41, 5.74) is 0.869. The summed E-state index contributed by atoms with van der Waals surface area (Å²) in [6.45, 7) is 3.10. The Bertz CT molecular complexity index is 618. The number of halogens is 1. The summed E-state index contributed by atoms with van der Waals surface area (Å²) in [4.78, 5) is 38.0. The highest BCUT2D eigenvalue weighted by molar-refractivity contribution is 6.52. The number of anilines is 1. The number of carbonyl (C=O) groups excluding carboxylic acids is 3. The van der Waals surface area contributed by atoms with E-state index in [1.807, 2.05) is 6.92 Å². The van der Waals surface area contributed by atoms with Crippen molar-refractivity contribution in [2.75, 3.05) is 31.7 Å². The van der Waals surface area contributed by atoms with E-state index in [0.717, 1.165) is 11.3 Å². The molecule has 1 aromatic rings. The normalized spacial score (nSPS) is 15.0. The Balaban J connectivity index is 2.06. The minimum atomic E-state index is -0.578. The molecule has 0 bridgehead atoms. The topological polar surface area (TPSA) is 70.9 Å². The predicted octanol–water partition coefficient (Wildman–Crippen LogP) is -0.132. The molecule has 1 unspecified atom stereocenters. The minimum absolute atomic E-state index is 0.0753. The van der Waals surface area contributed by atoms with Gasteiger partial charge in [0.25, 0.3) is 11.7 Å². The maximum Gasteiger partial charge on any atom is 0.303 e. The van der Waals surface area contributed by atoms with E-state index in [2.05, 4.69) is 5.32 Å². The maximum atomic E-state index is 12.1. The first-order valence-corrected chi connectivity index (χ1v) is 7.55. The minimum Gasteiger partial charge on any atom is -0.351 e. The van der Waals surface area contributed by atoms with Crippen LogP contribution in [0.5, 0.6) is 0 Å². The summed E-state index contributed by atoms with van der Waals surface area (Å²) in [6, 6.07) is 4.80. The molecular formula is C15H19ClN3O3+. The quantitative estimate of drug-likeness (QED) is 0.716. The molecule has 0 saturated heterocycles. The van der Waals surface area contributed by atoms with Crippen LogP contribution in [0.25, 0.3) is 0 Å². The molecule has 1 aromatic carbocycles. The molecule has 0 aliphatic carbocycles. The average Bonchev–Trinajstić information content (AvgIpc) is 2.70. The molecule has 0 fully saturated rings. The van der Waals surface area contributed by atoms with Crippen LogP contribution in [0.2, 0.25) is 5.02 Å². The zero-order chi connectivity index (χ0) is 16.3. The van der Waals surface area contributed by atoms with Gasteiger partial charge in [-0.05, 0) is 24.6 Å². The Labute approximate surface area is 134 Å². The number of Topliss-reactive ketones (excluding diaryl/α,β-unsaturated/α-hetero) is 1. The Morgan fingerprint density at radius 3 is 2.77 bits per heavy atom. The largest absolute Gasteiger partial charge is 0.351 e. The molecule has 1 heterocycles. The van der Waals surface area contributed by atoms with Crippen LogP contribution in [-0.2, 0) is 9.59 Å². The molecule has 118 valence electrons. The van der Waals surface area contributed by atoms with Crippen molar-refractivity contribution in [3.8, 4) is 0 Å². The Morgan fingerprint density at radius 1 is 1.36 bits per heavy atom. The van der Waals surface area contributed by atoms with Gasteiger partial charge in [0.1, 0.15) is 0 Å². The van der Waals surface area contributed by atoms with E-state index in [0.29, 0.717) is 22.8 Å². The molecular weight excluding hydrogens is 306 g/mol. The molecule has 0 spiro atoms. The lowest BCUT2D eigenvalue weighted by Gasteiger charge is -2.21. The lowest BCUT2D eigenvalue weighted by Crippen LogP contribution is -3.12. The zero-order valence-electron chi connectivity index (χ0n) is 12.6. The van der Waals surface area contributed by atoms with Gasteiger partial charge in [-0.1, -0.05) is 18.5 Å². The molecule has 1 aliphatic rings. The van der Waals surface area contributed by atoms with Gasteiger partial charge in [0.15, 0.2) is 13.2 Å². The van der Waals surface area contributed by atoms with Crippen LogP contribution >= 0.6 is 11.6 Å². The van der Waals surface area contributed by atoms with E-state index in [1.54, 1.807) is 19.2 Å². The number of hydrogen-bond donors (Lipinski definition) is 2. The van der Waals surface area contributed by atoms with Crippen molar-refractivity contribution in [2.24, 2.45) is 0 Å². The molecule has 7 heteroatoms. The van der Waals surface area contributed by atoms with E-state index >= 15 is 0 Å². The van der Waals surface area contributed by atoms with Crippen LogP contribution in [0.1, 0.15) is 23.7 Å². The molecule has 2 amide bonds. The second-order valence-corrected chi connectivity index (χ2v) is 5.80. The van der Waals surface area contributed by atoms with E-state index in [9.17, 15) is 14.4 Å². The van der Waals surface area contributed by atoms with E-state index in [4.69, 9.17) is 11.6 Å². The molecule has 0 radical (unpaired) electrons. The lowest BCUT2D eigenvalue weighted by atomic mass is 10.1. The Hall–Kier alpha value is -1.92. The number of amides is 2. The van der Waals surface area contributed by atoms with E-state index in [1.165, 1.54) is 11.0 Å². The first-order chi connectivity index (χ1) is 10.4. The summed E-state index contributed by atoms with van der Waals surface area (Å²) < 4.78 is 0. The fourth-order valence-electron chi connectivity index (χ4n) is 2.36. The third-order valence-corrected chi connectivity index (χ3v) is 3.63. The van der Waals surface area contributed by atoms with Crippen molar-refractivity contribution in [1.82, 2.24) is 5.32 Å². The zero-order valence-corrected chi connectivity index (χ0v) is 13.4. The standard InChI is InChI=1S/C15H18ClN3O3/c1-3-6-17-13(20)8-18(2)9-19-12-5-4-10(16)7-11(12)14(21)15(19)22/h4-5,7H,3,6,8-9H2,1-2H3,(H,17,20)/p+1. The van der Waals surface area contributed by atoms with Crippen LogP contribution in [-0.4, -0.2) is 44.4 Å². The molecule has 1 atom stereocenters. The summed E-state index contributed by atoms with van der Waals surface area (Å²) in [5.74, 6) is -1.21. The first kappa shape index (κ1) is 16.5. The van der Waals surface area contributed by atoms with E-state index < -0.39 is 11.7 Å². The number of fused-ring (bicyclic) bond motifs is 1. The van der Waals surface area contributed by atoms with Crippen LogP contribution in [0.15, 0.2) is 18.2 Å². The number of hydrogen-bond acceptors (Lipinski definition) is 3. The van der Waals surface area contributed by atoms with Crippen molar-refractivity contribution < 1.29 is 19.3 Å². The summed E-state index contributed by atoms with van der Waals surface area (Å²) in [6.07, 6.45) is 0.873. The Kier molecular flexibility index (Phi) is 5.15. The fraction of sp³-hybridized carbons (Fsp3) is 0.400. The van der Waals surface area contributed by atoms with Gasteiger partial charge in [-0.3, -0.25) is 19.3 Å². The van der Waals surface area contributed by atoms with Crippen molar-refractivity contribution in [3.05, 3.63) is 28.8 Å². The summed E-state index contributed by atoms with van der Waals surface area (Å²) in [7, 11) is 1.80. The second-order valence-electron chi connectivity index (χ2n) is 5.37. The van der Waals surface area contributed by atoms with Gasteiger partial charge in [-0.25, -0.2) is 0 Å². The van der Waals surface area contributed by atoms with Gasteiger partial charge in [-0.2, -0.15) is 0 Å². The van der Waals surface area contributed by atoms with Crippen LogP contribution in [0.3, 0.4) is 0 Å². The van der Waals surface area contributed by atoms with Gasteiger partial charge in [0, 0.05) is 11.6 Å². The number of ketones is 1. The average molecular weight is 325 g/mol. The van der Waals surface area contributed by atoms with Crippen molar-refractivity contribution >= 4 is 34.9 Å². The monoisotopic (exact) mass is 324 g/mol. The number of quaternary nitrogens is 1. The highest BCUT2D eigenvalue weighted by Gasteiger charge is 2.37. The number of carbonyl (C=O) groups is 3. The SMILES string of the molecule is CCCNC(=O)C[NH+](C)CN1C(=O)C(=O)c2cc(Cl)ccc21. The predicted molar refractivity (Wildman–Crippen MR) is 83.2 cm³/mol. The number of nitrogens with zero attached hydrogens (tertiary/aromatic N) is 1. The van der Waals surface area contributed by atoms with Crippen LogP contribution in [0, 0.1) is 0 Å². The van der Waals surface area contributed by atoms with Crippen LogP contribution < -0.4 is 15.1 Å². The first-order valence-electron chi connectivity index (χ1n) is 7.17. The van der Waals surface area contributed by atoms with Gasteiger partial charge in [0.05, 0.1) is 18.3 Å². The third-order valence-electron chi connectivity index (χ3n) is 3.40. The number of benzene rings is 1. The lowest BCUT2D eigenvalue weighted by molar-refractivity contribution is -0.869. The number of likely N-dealkylation sites (N-methyl/N-ethyl adjacent to an activating group) is 1. The maximum absolute atomic E-state index is 12.1. The van der Waals surface area contributed by atoms with Gasteiger partial charge < -0.3 is 10.2 Å². The van der Waals surface area contributed by atoms with Crippen molar-refractivity contribution in [3.63, 3.8) is 0 Å².